The molecule has 0 atom stereocenters. The zero-order valence-electron chi connectivity index (χ0n) is 23.0. The van der Waals surface area contributed by atoms with Gasteiger partial charge in [0.05, 0.1) is 34.7 Å². The molecule has 10 heteroatoms. The maximum absolute atomic E-state index is 13.0. The Kier molecular flexibility index (Phi) is 7.25. The number of thiophene rings is 1. The Morgan fingerprint density at radius 2 is 1.56 bits per heavy atom. The van der Waals surface area contributed by atoms with Gasteiger partial charge in [-0.1, -0.05) is 48.5 Å². The molecular weight excluding hydrogens is 536 g/mol. The number of ketones is 1. The quantitative estimate of drug-likeness (QED) is 0.261. The molecule has 41 heavy (non-hydrogen) atoms. The molecule has 0 aliphatic carbocycles. The normalized spacial score (nSPS) is 13.4. The lowest BCUT2D eigenvalue weighted by molar-refractivity contribution is 0.101. The monoisotopic (exact) mass is 564 g/mol. The number of anilines is 2. The number of aryl methyl sites for hydroxylation is 2. The predicted molar refractivity (Wildman–Crippen MR) is 161 cm³/mol. The van der Waals surface area contributed by atoms with Crippen molar-refractivity contribution in [1.29, 1.82) is 0 Å². The molecule has 0 bridgehead atoms. The van der Waals surface area contributed by atoms with Crippen LogP contribution in [0.4, 0.5) is 11.6 Å². The van der Waals surface area contributed by atoms with Crippen LogP contribution in [-0.4, -0.2) is 57.9 Å². The van der Waals surface area contributed by atoms with Gasteiger partial charge >= 0.3 is 0 Å². The van der Waals surface area contributed by atoms with Gasteiger partial charge in [0.15, 0.2) is 17.4 Å². The summed E-state index contributed by atoms with van der Waals surface area (Å²) in [6.07, 6.45) is 0. The smallest absolute Gasteiger partial charge is 0.256 e. The van der Waals surface area contributed by atoms with Gasteiger partial charge in [0.1, 0.15) is 16.5 Å². The summed E-state index contributed by atoms with van der Waals surface area (Å²) in [5.41, 5.74) is 3.13. The summed E-state index contributed by atoms with van der Waals surface area (Å²) in [5.74, 6) is 1.54. The zero-order valence-corrected chi connectivity index (χ0v) is 23.8. The molecule has 6 rings (SSSR count). The Bertz CT molecular complexity index is 1770. The third-order valence-electron chi connectivity index (χ3n) is 7.03. The zero-order chi connectivity index (χ0) is 28.5. The van der Waals surface area contributed by atoms with Crippen LogP contribution in [0.3, 0.4) is 0 Å². The molecular formula is C31H28N6O3S. The molecule has 1 fully saturated rings. The lowest BCUT2D eigenvalue weighted by Crippen LogP contribution is -2.37. The minimum absolute atomic E-state index is 0.190. The Morgan fingerprint density at radius 3 is 2.24 bits per heavy atom. The van der Waals surface area contributed by atoms with E-state index in [0.717, 1.165) is 45.1 Å². The highest BCUT2D eigenvalue weighted by Gasteiger charge is 2.26. The van der Waals surface area contributed by atoms with Gasteiger partial charge in [-0.15, -0.1) is 11.3 Å². The number of hydrogen-bond donors (Lipinski definition) is 1. The first-order valence-corrected chi connectivity index (χ1v) is 14.2. The van der Waals surface area contributed by atoms with E-state index in [2.05, 4.69) is 10.2 Å². The first-order valence-electron chi connectivity index (χ1n) is 13.4. The van der Waals surface area contributed by atoms with Gasteiger partial charge in [-0.05, 0) is 38.5 Å². The first-order chi connectivity index (χ1) is 19.9. The first kappa shape index (κ1) is 26.7. The average molecular weight is 565 g/mol. The molecule has 9 nitrogen and oxygen atoms in total. The number of carbonyl (C=O) groups excluding carboxylic acids is 2. The predicted octanol–water partition coefficient (Wildman–Crippen LogP) is 5.72. The van der Waals surface area contributed by atoms with Crippen molar-refractivity contribution in [2.75, 3.05) is 36.5 Å². The maximum atomic E-state index is 13.0. The summed E-state index contributed by atoms with van der Waals surface area (Å²) in [6, 6.07) is 18.8. The molecule has 4 heterocycles. The van der Waals surface area contributed by atoms with Gasteiger partial charge < -0.3 is 15.0 Å². The lowest BCUT2D eigenvalue weighted by atomic mass is 10.1. The van der Waals surface area contributed by atoms with E-state index in [0.29, 0.717) is 36.1 Å². The number of Topliss-reactive ketones (excluding diaryl/α,β-unsaturated/α-hetero) is 1. The van der Waals surface area contributed by atoms with Crippen LogP contribution < -0.4 is 10.2 Å². The van der Waals surface area contributed by atoms with Gasteiger partial charge in [0.25, 0.3) is 5.91 Å². The Labute approximate surface area is 241 Å². The van der Waals surface area contributed by atoms with E-state index in [4.69, 9.17) is 24.7 Å². The van der Waals surface area contributed by atoms with Crippen molar-refractivity contribution < 1.29 is 14.3 Å². The van der Waals surface area contributed by atoms with E-state index in [1.165, 1.54) is 18.3 Å². The fraction of sp³-hybridized carbons (Fsp3) is 0.226. The Balaban J connectivity index is 1.51. The van der Waals surface area contributed by atoms with E-state index in [1.54, 1.807) is 31.2 Å². The molecule has 0 unspecified atom stereocenters. The topological polar surface area (TPSA) is 110 Å². The number of nitrogens with one attached hydrogen (secondary N) is 1. The van der Waals surface area contributed by atoms with Crippen molar-refractivity contribution >= 4 is 44.9 Å². The number of morpholine rings is 1. The van der Waals surface area contributed by atoms with E-state index in [1.807, 2.05) is 43.3 Å². The van der Waals surface area contributed by atoms with Crippen LogP contribution in [0, 0.1) is 13.8 Å². The highest BCUT2D eigenvalue weighted by molar-refractivity contribution is 7.22. The highest BCUT2D eigenvalue weighted by Crippen LogP contribution is 2.41. The molecule has 1 N–H and O–H groups in total. The second-order valence-corrected chi connectivity index (χ2v) is 10.8. The number of fused-ring (bicyclic) bond motifs is 1. The van der Waals surface area contributed by atoms with Crippen molar-refractivity contribution in [3.63, 3.8) is 0 Å². The number of aromatic nitrogens is 4. The van der Waals surface area contributed by atoms with E-state index >= 15 is 0 Å². The van der Waals surface area contributed by atoms with Crippen molar-refractivity contribution in [3.8, 4) is 22.1 Å². The van der Waals surface area contributed by atoms with Crippen molar-refractivity contribution in [2.24, 2.45) is 0 Å². The summed E-state index contributed by atoms with van der Waals surface area (Å²) in [5, 5.41) is 3.79. The molecule has 3 aromatic heterocycles. The van der Waals surface area contributed by atoms with Crippen LogP contribution in [0.15, 0.2) is 60.7 Å². The summed E-state index contributed by atoms with van der Waals surface area (Å²) in [6.45, 7) is 7.93. The molecule has 2 aromatic carbocycles. The summed E-state index contributed by atoms with van der Waals surface area (Å²) >= 11 is 1.48. The summed E-state index contributed by atoms with van der Waals surface area (Å²) < 4.78 is 5.61. The van der Waals surface area contributed by atoms with Crippen molar-refractivity contribution in [1.82, 2.24) is 19.9 Å². The van der Waals surface area contributed by atoms with Crippen LogP contribution in [0.2, 0.25) is 0 Å². The standard InChI is InChI=1S/C31H28N6O3S/c1-18-23-29(37-14-16-40-17-15-37)34-26(21-10-6-4-7-11-21)36-31(23)41-25(18)28-32-19(2)24(20(3)38)27(33-28)35-30(39)22-12-8-5-9-13-22/h4-13H,14-17H2,1-3H3,(H,32,33,35,39). The number of carbonyl (C=O) groups is 2. The van der Waals surface area contributed by atoms with Crippen LogP contribution in [-0.2, 0) is 4.74 Å². The van der Waals surface area contributed by atoms with Gasteiger partial charge in [-0.25, -0.2) is 19.9 Å². The van der Waals surface area contributed by atoms with Crippen LogP contribution in [0.1, 0.15) is 38.9 Å². The van der Waals surface area contributed by atoms with Crippen molar-refractivity contribution in [2.45, 2.75) is 20.8 Å². The number of ether oxygens (including phenoxy) is 1. The van der Waals surface area contributed by atoms with Gasteiger partial charge in [-0.3, -0.25) is 9.59 Å². The minimum Gasteiger partial charge on any atom is -0.378 e. The number of nitrogens with zero attached hydrogens (tertiary/aromatic N) is 5. The maximum Gasteiger partial charge on any atom is 0.256 e. The van der Waals surface area contributed by atoms with Gasteiger partial charge in [0.2, 0.25) is 0 Å². The number of amides is 1. The molecule has 1 saturated heterocycles. The molecule has 1 aliphatic rings. The minimum atomic E-state index is -0.349. The lowest BCUT2D eigenvalue weighted by Gasteiger charge is -2.28. The van der Waals surface area contributed by atoms with Gasteiger partial charge in [0, 0.05) is 24.2 Å². The second kappa shape index (κ2) is 11.1. The summed E-state index contributed by atoms with van der Waals surface area (Å²) in [7, 11) is 0. The molecule has 206 valence electrons. The Morgan fingerprint density at radius 1 is 0.878 bits per heavy atom. The molecule has 0 spiro atoms. The fourth-order valence-corrected chi connectivity index (χ4v) is 6.12. The molecule has 0 saturated carbocycles. The average Bonchev–Trinajstić information content (AvgIpc) is 3.33. The van der Waals surface area contributed by atoms with Crippen molar-refractivity contribution in [3.05, 3.63) is 83.0 Å². The number of rotatable bonds is 6. The summed E-state index contributed by atoms with van der Waals surface area (Å²) in [4.78, 5) is 48.9. The van der Waals surface area contributed by atoms with Gasteiger partial charge in [-0.2, -0.15) is 0 Å². The number of hydrogen-bond acceptors (Lipinski definition) is 9. The number of benzene rings is 2. The largest absolute Gasteiger partial charge is 0.378 e. The fourth-order valence-electron chi connectivity index (χ4n) is 5.01. The van der Waals surface area contributed by atoms with Crippen LogP contribution in [0.25, 0.3) is 32.3 Å². The second-order valence-electron chi connectivity index (χ2n) is 9.81. The molecule has 5 aromatic rings. The molecule has 1 amide bonds. The third kappa shape index (κ3) is 5.19. The van der Waals surface area contributed by atoms with Crippen LogP contribution in [0.5, 0.6) is 0 Å². The van der Waals surface area contributed by atoms with E-state index in [9.17, 15) is 9.59 Å². The highest BCUT2D eigenvalue weighted by atomic mass is 32.1. The van der Waals surface area contributed by atoms with Crippen LogP contribution >= 0.6 is 11.3 Å². The van der Waals surface area contributed by atoms with E-state index in [-0.39, 0.29) is 23.1 Å². The Hall–Kier alpha value is -4.54. The molecule has 1 aliphatic heterocycles. The molecule has 0 radical (unpaired) electrons. The van der Waals surface area contributed by atoms with E-state index < -0.39 is 0 Å². The third-order valence-corrected chi connectivity index (χ3v) is 8.21. The SMILES string of the molecule is CC(=O)c1c(C)nc(-c2sc3nc(-c4ccccc4)nc(N4CCOCC4)c3c2C)nc1NC(=O)c1ccccc1.